The summed E-state index contributed by atoms with van der Waals surface area (Å²) in [5.74, 6) is 6.32. The normalized spacial score (nSPS) is 12.2. The van der Waals surface area contributed by atoms with Crippen molar-refractivity contribution in [1.29, 1.82) is 0 Å². The molecule has 2 aromatic rings. The second-order valence-corrected chi connectivity index (χ2v) is 4.21. The lowest BCUT2D eigenvalue weighted by Crippen LogP contribution is -2.29. The number of ether oxygens (including phenoxy) is 1. The molecule has 0 saturated heterocycles. The van der Waals surface area contributed by atoms with Crippen LogP contribution in [0.15, 0.2) is 42.7 Å². The molecular weight excluding hydrogens is 250 g/mol. The number of hydrazine groups is 1. The van der Waals surface area contributed by atoms with Gasteiger partial charge in [0.15, 0.2) is 0 Å². The smallest absolute Gasteiger partial charge is 0.125 e. The van der Waals surface area contributed by atoms with E-state index in [1.54, 1.807) is 31.6 Å². The molecule has 1 unspecified atom stereocenters. The van der Waals surface area contributed by atoms with Gasteiger partial charge in [-0.25, -0.2) is 5.43 Å². The van der Waals surface area contributed by atoms with Gasteiger partial charge in [0.2, 0.25) is 0 Å². The summed E-state index contributed by atoms with van der Waals surface area (Å²) in [6, 6.07) is 9.08. The molecule has 0 aliphatic rings. The molecule has 1 aromatic heterocycles. The number of rotatable bonds is 4. The van der Waals surface area contributed by atoms with Crippen LogP contribution in [0.2, 0.25) is 5.02 Å². The van der Waals surface area contributed by atoms with E-state index in [4.69, 9.17) is 22.2 Å². The van der Waals surface area contributed by atoms with E-state index in [-0.39, 0.29) is 6.04 Å². The number of benzene rings is 1. The van der Waals surface area contributed by atoms with E-state index in [0.29, 0.717) is 10.8 Å². The summed E-state index contributed by atoms with van der Waals surface area (Å²) in [5, 5.41) is 0.623. The predicted octanol–water partition coefficient (Wildman–Crippen LogP) is 2.30. The highest BCUT2D eigenvalue weighted by Gasteiger charge is 2.17. The summed E-state index contributed by atoms with van der Waals surface area (Å²) in [5.41, 5.74) is 4.64. The Hall–Kier alpha value is -1.62. The Morgan fingerprint density at radius 2 is 2.22 bits per heavy atom. The summed E-state index contributed by atoms with van der Waals surface area (Å²) in [6.07, 6.45) is 3.48. The van der Waals surface area contributed by atoms with Gasteiger partial charge in [-0.2, -0.15) is 0 Å². The molecule has 0 amide bonds. The zero-order valence-corrected chi connectivity index (χ0v) is 10.7. The fraction of sp³-hybridized carbons (Fsp3) is 0.154. The molecule has 2 rings (SSSR count). The highest BCUT2D eigenvalue weighted by Crippen LogP contribution is 2.31. The first-order chi connectivity index (χ1) is 8.76. The molecule has 1 heterocycles. The van der Waals surface area contributed by atoms with Gasteiger partial charge < -0.3 is 4.74 Å². The van der Waals surface area contributed by atoms with Gasteiger partial charge in [-0.05, 0) is 23.8 Å². The fourth-order valence-electron chi connectivity index (χ4n) is 1.84. The van der Waals surface area contributed by atoms with Crippen LogP contribution in [-0.4, -0.2) is 12.1 Å². The van der Waals surface area contributed by atoms with E-state index < -0.39 is 0 Å². The number of nitrogens with one attached hydrogen (secondary N) is 1. The van der Waals surface area contributed by atoms with Crippen molar-refractivity contribution in [1.82, 2.24) is 10.4 Å². The molecule has 0 fully saturated rings. The first-order valence-electron chi connectivity index (χ1n) is 5.45. The van der Waals surface area contributed by atoms with Crippen molar-refractivity contribution in [3.8, 4) is 5.75 Å². The van der Waals surface area contributed by atoms with Crippen LogP contribution < -0.4 is 16.0 Å². The van der Waals surface area contributed by atoms with E-state index in [2.05, 4.69) is 10.4 Å². The summed E-state index contributed by atoms with van der Waals surface area (Å²) in [4.78, 5) is 4.09. The molecule has 5 heteroatoms. The molecule has 0 aliphatic heterocycles. The van der Waals surface area contributed by atoms with E-state index in [1.165, 1.54) is 0 Å². The van der Waals surface area contributed by atoms with Crippen LogP contribution in [0, 0.1) is 0 Å². The van der Waals surface area contributed by atoms with Gasteiger partial charge in [-0.15, -0.1) is 0 Å². The summed E-state index contributed by atoms with van der Waals surface area (Å²) >= 11 is 5.95. The van der Waals surface area contributed by atoms with Crippen LogP contribution in [0.5, 0.6) is 5.75 Å². The van der Waals surface area contributed by atoms with Gasteiger partial charge in [0, 0.05) is 23.0 Å². The highest BCUT2D eigenvalue weighted by molar-refractivity contribution is 6.30. The zero-order valence-electron chi connectivity index (χ0n) is 9.93. The zero-order chi connectivity index (χ0) is 13.0. The molecule has 0 aliphatic carbocycles. The van der Waals surface area contributed by atoms with Crippen molar-refractivity contribution < 1.29 is 4.74 Å². The van der Waals surface area contributed by atoms with Crippen molar-refractivity contribution in [3.63, 3.8) is 0 Å². The van der Waals surface area contributed by atoms with Crippen molar-refractivity contribution in [2.75, 3.05) is 7.11 Å². The average molecular weight is 264 g/mol. The quantitative estimate of drug-likeness (QED) is 0.656. The molecule has 1 atom stereocenters. The van der Waals surface area contributed by atoms with Crippen molar-refractivity contribution in [2.24, 2.45) is 5.84 Å². The Balaban J connectivity index is 2.45. The van der Waals surface area contributed by atoms with Crippen LogP contribution in [0.3, 0.4) is 0 Å². The number of nitrogens with zero attached hydrogens (tertiary/aromatic N) is 1. The van der Waals surface area contributed by atoms with E-state index >= 15 is 0 Å². The Morgan fingerprint density at radius 3 is 2.83 bits per heavy atom. The molecule has 18 heavy (non-hydrogen) atoms. The minimum atomic E-state index is -0.189. The molecule has 0 saturated carbocycles. The molecular formula is C13H14ClN3O. The Kier molecular flexibility index (Phi) is 4.15. The predicted molar refractivity (Wildman–Crippen MR) is 71.4 cm³/mol. The highest BCUT2D eigenvalue weighted by atomic mass is 35.5. The first-order valence-corrected chi connectivity index (χ1v) is 5.83. The van der Waals surface area contributed by atoms with Gasteiger partial charge >= 0.3 is 0 Å². The maximum Gasteiger partial charge on any atom is 0.125 e. The molecule has 4 nitrogen and oxygen atoms in total. The number of aromatic nitrogens is 1. The summed E-state index contributed by atoms with van der Waals surface area (Å²) in [6.45, 7) is 0. The van der Waals surface area contributed by atoms with Crippen LogP contribution in [-0.2, 0) is 0 Å². The molecule has 3 N–H and O–H groups in total. The molecule has 0 spiro atoms. The van der Waals surface area contributed by atoms with Gasteiger partial charge in [-0.1, -0.05) is 23.7 Å². The van der Waals surface area contributed by atoms with E-state index in [1.807, 2.05) is 18.2 Å². The monoisotopic (exact) mass is 263 g/mol. The minimum Gasteiger partial charge on any atom is -0.496 e. The number of halogens is 1. The Labute approximate surface area is 111 Å². The van der Waals surface area contributed by atoms with Gasteiger partial charge in [0.25, 0.3) is 0 Å². The van der Waals surface area contributed by atoms with Crippen molar-refractivity contribution >= 4 is 11.6 Å². The third-order valence-electron chi connectivity index (χ3n) is 2.69. The van der Waals surface area contributed by atoms with Gasteiger partial charge in [0.1, 0.15) is 5.75 Å². The standard InChI is InChI=1S/C13H14ClN3O/c1-18-12-7-10(14)4-5-11(12)13(17-15)9-3-2-6-16-8-9/h2-8,13,17H,15H2,1H3. The maximum absolute atomic E-state index is 5.95. The number of pyridine rings is 1. The third-order valence-corrected chi connectivity index (χ3v) is 2.93. The molecule has 0 bridgehead atoms. The summed E-state index contributed by atoms with van der Waals surface area (Å²) in [7, 11) is 1.60. The SMILES string of the molecule is COc1cc(Cl)ccc1C(NN)c1cccnc1. The largest absolute Gasteiger partial charge is 0.496 e. The number of methoxy groups -OCH3 is 1. The van der Waals surface area contributed by atoms with E-state index in [9.17, 15) is 0 Å². The van der Waals surface area contributed by atoms with Crippen molar-refractivity contribution in [3.05, 3.63) is 58.9 Å². The molecule has 0 radical (unpaired) electrons. The van der Waals surface area contributed by atoms with E-state index in [0.717, 1.165) is 11.1 Å². The Morgan fingerprint density at radius 1 is 1.39 bits per heavy atom. The Bertz CT molecular complexity index is 519. The molecule has 94 valence electrons. The lowest BCUT2D eigenvalue weighted by atomic mass is 10.00. The van der Waals surface area contributed by atoms with Gasteiger partial charge in [-0.3, -0.25) is 10.8 Å². The second-order valence-electron chi connectivity index (χ2n) is 3.77. The first kappa shape index (κ1) is 12.8. The fourth-order valence-corrected chi connectivity index (χ4v) is 2.00. The van der Waals surface area contributed by atoms with Crippen LogP contribution in [0.1, 0.15) is 17.2 Å². The van der Waals surface area contributed by atoms with Crippen LogP contribution in [0.25, 0.3) is 0 Å². The van der Waals surface area contributed by atoms with Crippen molar-refractivity contribution in [2.45, 2.75) is 6.04 Å². The van der Waals surface area contributed by atoms with Gasteiger partial charge in [0.05, 0.1) is 13.2 Å². The van der Waals surface area contributed by atoms with Crippen LogP contribution in [0.4, 0.5) is 0 Å². The minimum absolute atomic E-state index is 0.189. The van der Waals surface area contributed by atoms with Crippen LogP contribution >= 0.6 is 11.6 Å². The second kappa shape index (κ2) is 5.82. The topological polar surface area (TPSA) is 60.2 Å². The lowest BCUT2D eigenvalue weighted by Gasteiger charge is -2.19. The maximum atomic E-state index is 5.95. The lowest BCUT2D eigenvalue weighted by molar-refractivity contribution is 0.404. The third kappa shape index (κ3) is 2.61. The number of hydrogen-bond acceptors (Lipinski definition) is 4. The number of hydrogen-bond donors (Lipinski definition) is 2. The summed E-state index contributed by atoms with van der Waals surface area (Å²) < 4.78 is 5.33. The molecule has 1 aromatic carbocycles. The number of nitrogens with two attached hydrogens (primary N) is 1. The average Bonchev–Trinajstić information content (AvgIpc) is 2.42.